The van der Waals surface area contributed by atoms with Crippen molar-refractivity contribution in [2.75, 3.05) is 19.8 Å². The number of ether oxygens (including phenoxy) is 2. The van der Waals surface area contributed by atoms with Crippen LogP contribution in [0.2, 0.25) is 0 Å². The molecule has 0 spiro atoms. The Morgan fingerprint density at radius 2 is 1.95 bits per heavy atom. The fourth-order valence-corrected chi connectivity index (χ4v) is 1.27. The molecular formula is C14H19NO4. The summed E-state index contributed by atoms with van der Waals surface area (Å²) in [6, 6.07) is 9.01. The number of carbonyl (C=O) groups is 2. The minimum absolute atomic E-state index is 0.119. The summed E-state index contributed by atoms with van der Waals surface area (Å²) in [4.78, 5) is 22.6. The number of hydrogen-bond acceptors (Lipinski definition) is 4. The zero-order chi connectivity index (χ0) is 13.9. The van der Waals surface area contributed by atoms with Crippen molar-refractivity contribution in [3.63, 3.8) is 0 Å². The van der Waals surface area contributed by atoms with Crippen LogP contribution in [0.4, 0.5) is 0 Å². The van der Waals surface area contributed by atoms with Gasteiger partial charge in [0.1, 0.15) is 12.3 Å². The molecule has 1 aromatic carbocycles. The molecule has 104 valence electrons. The Hall–Kier alpha value is -2.04. The van der Waals surface area contributed by atoms with Gasteiger partial charge in [0.05, 0.1) is 6.61 Å². The van der Waals surface area contributed by atoms with E-state index < -0.39 is 5.97 Å². The Bertz CT molecular complexity index is 392. The van der Waals surface area contributed by atoms with Gasteiger partial charge in [-0.3, -0.25) is 9.59 Å². The maximum absolute atomic E-state index is 11.4. The molecule has 0 aliphatic carbocycles. The molecule has 1 N–H and O–H groups in total. The molecule has 0 atom stereocenters. The number of para-hydroxylation sites is 1. The van der Waals surface area contributed by atoms with Crippen LogP contribution in [0.15, 0.2) is 30.3 Å². The number of hydrogen-bond donors (Lipinski definition) is 1. The summed E-state index contributed by atoms with van der Waals surface area (Å²) in [5.41, 5.74) is 0. The lowest BCUT2D eigenvalue weighted by molar-refractivity contribution is -0.144. The maximum atomic E-state index is 11.4. The molecule has 0 aromatic heterocycles. The van der Waals surface area contributed by atoms with Crippen molar-refractivity contribution < 1.29 is 19.1 Å². The molecule has 5 nitrogen and oxygen atoms in total. The van der Waals surface area contributed by atoms with E-state index in [0.717, 1.165) is 12.8 Å². The van der Waals surface area contributed by atoms with Gasteiger partial charge in [-0.15, -0.1) is 0 Å². The van der Waals surface area contributed by atoms with Gasteiger partial charge >= 0.3 is 5.97 Å². The van der Waals surface area contributed by atoms with E-state index in [-0.39, 0.29) is 19.1 Å². The number of esters is 1. The van der Waals surface area contributed by atoms with E-state index in [1.807, 2.05) is 25.1 Å². The first kappa shape index (κ1) is 15.0. The predicted octanol–water partition coefficient (Wildman–Crippen LogP) is 1.52. The monoisotopic (exact) mass is 265 g/mol. The third-order valence-corrected chi connectivity index (χ3v) is 2.30. The highest BCUT2D eigenvalue weighted by molar-refractivity contribution is 5.82. The normalized spacial score (nSPS) is 9.74. The van der Waals surface area contributed by atoms with Gasteiger partial charge in [-0.1, -0.05) is 31.5 Å². The Kier molecular flexibility index (Phi) is 7.09. The van der Waals surface area contributed by atoms with Crippen molar-refractivity contribution >= 4 is 11.9 Å². The van der Waals surface area contributed by atoms with Crippen LogP contribution in [-0.2, 0) is 14.3 Å². The van der Waals surface area contributed by atoms with Gasteiger partial charge < -0.3 is 14.8 Å². The third-order valence-electron chi connectivity index (χ3n) is 2.30. The highest BCUT2D eigenvalue weighted by Crippen LogP contribution is 2.07. The molecule has 0 unspecified atom stereocenters. The zero-order valence-corrected chi connectivity index (χ0v) is 11.1. The van der Waals surface area contributed by atoms with E-state index in [0.29, 0.717) is 12.4 Å². The Morgan fingerprint density at radius 3 is 2.63 bits per heavy atom. The topological polar surface area (TPSA) is 64.6 Å². The molecule has 0 saturated carbocycles. The van der Waals surface area contributed by atoms with Gasteiger partial charge in [-0.25, -0.2) is 0 Å². The fraction of sp³-hybridized carbons (Fsp3) is 0.429. The standard InChI is InChI=1S/C14H19NO4/c1-2-3-9-18-14(17)10-15-13(16)11-19-12-7-5-4-6-8-12/h4-8H,2-3,9-11H2,1H3,(H,15,16). The molecule has 0 heterocycles. The largest absolute Gasteiger partial charge is 0.484 e. The summed E-state index contributed by atoms with van der Waals surface area (Å²) < 4.78 is 10.1. The van der Waals surface area contributed by atoms with E-state index in [1.165, 1.54) is 0 Å². The summed E-state index contributed by atoms with van der Waals surface area (Å²) in [5.74, 6) is -0.166. The molecule has 0 radical (unpaired) electrons. The minimum Gasteiger partial charge on any atom is -0.484 e. The Labute approximate surface area is 112 Å². The number of carbonyl (C=O) groups excluding carboxylic acids is 2. The number of nitrogens with one attached hydrogen (secondary N) is 1. The van der Waals surface area contributed by atoms with Gasteiger partial charge in [0.2, 0.25) is 0 Å². The van der Waals surface area contributed by atoms with Crippen molar-refractivity contribution in [3.05, 3.63) is 30.3 Å². The average molecular weight is 265 g/mol. The number of rotatable bonds is 8. The first-order chi connectivity index (χ1) is 9.22. The summed E-state index contributed by atoms with van der Waals surface area (Å²) in [7, 11) is 0. The second-order valence-electron chi connectivity index (χ2n) is 3.95. The number of amides is 1. The average Bonchev–Trinajstić information content (AvgIpc) is 2.44. The SMILES string of the molecule is CCCCOC(=O)CNC(=O)COc1ccccc1. The van der Waals surface area contributed by atoms with E-state index in [1.54, 1.807) is 12.1 Å². The van der Waals surface area contributed by atoms with E-state index in [2.05, 4.69) is 5.32 Å². The molecule has 5 heteroatoms. The highest BCUT2D eigenvalue weighted by Gasteiger charge is 2.06. The van der Waals surface area contributed by atoms with Crippen molar-refractivity contribution in [1.29, 1.82) is 0 Å². The Morgan fingerprint density at radius 1 is 1.21 bits per heavy atom. The van der Waals surface area contributed by atoms with Crippen LogP contribution in [0.25, 0.3) is 0 Å². The van der Waals surface area contributed by atoms with Crippen LogP contribution in [0, 0.1) is 0 Å². The van der Waals surface area contributed by atoms with Crippen molar-refractivity contribution in [2.45, 2.75) is 19.8 Å². The van der Waals surface area contributed by atoms with Gasteiger partial charge in [0.25, 0.3) is 5.91 Å². The van der Waals surface area contributed by atoms with Crippen LogP contribution in [0.1, 0.15) is 19.8 Å². The predicted molar refractivity (Wildman–Crippen MR) is 70.8 cm³/mol. The van der Waals surface area contributed by atoms with Crippen LogP contribution in [0.3, 0.4) is 0 Å². The molecule has 0 aliphatic heterocycles. The van der Waals surface area contributed by atoms with Crippen molar-refractivity contribution in [2.24, 2.45) is 0 Å². The van der Waals surface area contributed by atoms with E-state index in [9.17, 15) is 9.59 Å². The van der Waals surface area contributed by atoms with Gasteiger partial charge in [-0.05, 0) is 18.6 Å². The highest BCUT2D eigenvalue weighted by atomic mass is 16.5. The molecule has 1 amide bonds. The summed E-state index contributed by atoms with van der Waals surface area (Å²) in [6.45, 7) is 2.16. The second kappa shape index (κ2) is 8.97. The molecule has 1 aromatic rings. The fourth-order valence-electron chi connectivity index (χ4n) is 1.27. The molecule has 0 aliphatic rings. The van der Waals surface area contributed by atoms with Gasteiger partial charge in [0.15, 0.2) is 6.61 Å². The zero-order valence-electron chi connectivity index (χ0n) is 11.1. The number of unbranched alkanes of at least 4 members (excludes halogenated alkanes) is 1. The molecule has 0 fully saturated rings. The molecule has 0 saturated heterocycles. The first-order valence-electron chi connectivity index (χ1n) is 6.32. The Balaban J connectivity index is 2.12. The summed E-state index contributed by atoms with van der Waals surface area (Å²) in [5, 5.41) is 2.44. The van der Waals surface area contributed by atoms with Crippen LogP contribution in [-0.4, -0.2) is 31.6 Å². The lowest BCUT2D eigenvalue weighted by Gasteiger charge is -2.07. The molecule has 19 heavy (non-hydrogen) atoms. The van der Waals surface area contributed by atoms with Crippen LogP contribution in [0.5, 0.6) is 5.75 Å². The van der Waals surface area contributed by atoms with Crippen molar-refractivity contribution in [3.8, 4) is 5.75 Å². The van der Waals surface area contributed by atoms with E-state index in [4.69, 9.17) is 9.47 Å². The molecule has 0 bridgehead atoms. The lowest BCUT2D eigenvalue weighted by Crippen LogP contribution is -2.34. The second-order valence-corrected chi connectivity index (χ2v) is 3.95. The van der Waals surface area contributed by atoms with Crippen molar-refractivity contribution in [1.82, 2.24) is 5.32 Å². The first-order valence-corrected chi connectivity index (χ1v) is 6.32. The maximum Gasteiger partial charge on any atom is 0.325 e. The van der Waals surface area contributed by atoms with Gasteiger partial charge in [-0.2, -0.15) is 0 Å². The van der Waals surface area contributed by atoms with Crippen LogP contribution < -0.4 is 10.1 Å². The summed E-state index contributed by atoms with van der Waals surface area (Å²) >= 11 is 0. The number of benzene rings is 1. The quantitative estimate of drug-likeness (QED) is 0.572. The lowest BCUT2D eigenvalue weighted by atomic mass is 10.3. The minimum atomic E-state index is -0.429. The third kappa shape index (κ3) is 7.08. The molecular weight excluding hydrogens is 246 g/mol. The molecule has 1 rings (SSSR count). The van der Waals surface area contributed by atoms with E-state index >= 15 is 0 Å². The smallest absolute Gasteiger partial charge is 0.325 e. The van der Waals surface area contributed by atoms with Gasteiger partial charge in [0, 0.05) is 0 Å². The van der Waals surface area contributed by atoms with Crippen LogP contribution >= 0.6 is 0 Å². The summed E-state index contributed by atoms with van der Waals surface area (Å²) in [6.07, 6.45) is 1.79.